The topological polar surface area (TPSA) is 21.3 Å². The molecule has 0 aromatic carbocycles. The van der Waals surface area contributed by atoms with Crippen molar-refractivity contribution in [2.45, 2.75) is 44.3 Å². The highest BCUT2D eigenvalue weighted by atomic mass is 19.4. The van der Waals surface area contributed by atoms with Gasteiger partial charge in [-0.1, -0.05) is 0 Å². The highest BCUT2D eigenvalue weighted by molar-refractivity contribution is 4.96. The highest BCUT2D eigenvalue weighted by Crippen LogP contribution is 2.44. The molecular weight excluding hydrogens is 231 g/mol. The normalized spacial score (nSPS) is 21.2. The fraction of sp³-hybridized carbons (Fsp3) is 1.00. The lowest BCUT2D eigenvalue weighted by molar-refractivity contribution is -0.145. The summed E-state index contributed by atoms with van der Waals surface area (Å²) in [6, 6.07) is 0.598. The Morgan fingerprint density at radius 3 is 2.12 bits per heavy atom. The molecule has 0 aromatic heterocycles. The Hall–Kier alpha value is -0.290. The average molecular weight is 251 g/mol. The Bertz CT molecular complexity index is 224. The summed E-state index contributed by atoms with van der Waals surface area (Å²) in [4.78, 5) is 0. The second kappa shape index (κ2) is 5.57. The molecule has 2 nitrogen and oxygen atoms in total. The molecule has 0 saturated heterocycles. The number of alkyl halides is 3. The van der Waals surface area contributed by atoms with Gasteiger partial charge in [-0.05, 0) is 37.5 Å². The number of hydrogen-bond acceptors (Lipinski definition) is 2. The number of nitrogens with one attached hydrogen (secondary N) is 1. The van der Waals surface area contributed by atoms with Crippen LogP contribution in [0.25, 0.3) is 0 Å². The van der Waals surface area contributed by atoms with Crippen molar-refractivity contribution in [1.82, 2.24) is 5.32 Å². The summed E-state index contributed by atoms with van der Waals surface area (Å²) in [5.74, 6) is 1.63. The molecule has 2 rings (SSSR count). The zero-order chi connectivity index (χ0) is 12.3. The van der Waals surface area contributed by atoms with Gasteiger partial charge in [-0.15, -0.1) is 0 Å². The first-order chi connectivity index (χ1) is 8.06. The van der Waals surface area contributed by atoms with E-state index in [0.717, 1.165) is 11.8 Å². The van der Waals surface area contributed by atoms with Crippen molar-refractivity contribution in [2.24, 2.45) is 11.8 Å². The predicted octanol–water partition coefficient (Wildman–Crippen LogP) is 2.73. The molecule has 0 unspecified atom stereocenters. The molecule has 100 valence electrons. The van der Waals surface area contributed by atoms with E-state index in [2.05, 4.69) is 5.32 Å². The Kier molecular flexibility index (Phi) is 4.31. The van der Waals surface area contributed by atoms with Gasteiger partial charge < -0.3 is 10.1 Å². The largest absolute Gasteiger partial charge is 0.391 e. The first-order valence-electron chi connectivity index (χ1n) is 6.44. The Balaban J connectivity index is 1.48. The van der Waals surface area contributed by atoms with Gasteiger partial charge in [-0.3, -0.25) is 0 Å². The molecule has 0 aromatic rings. The monoisotopic (exact) mass is 251 g/mol. The standard InChI is InChI=1S/C12H20F3NO/c13-12(14,15)5-7-17-8-6-16-11(9-1-2-9)10-3-4-10/h9-11,16H,1-8H2. The van der Waals surface area contributed by atoms with E-state index >= 15 is 0 Å². The summed E-state index contributed by atoms with van der Waals surface area (Å²) in [6.45, 7) is 0.838. The number of rotatable bonds is 8. The van der Waals surface area contributed by atoms with Gasteiger partial charge in [0.1, 0.15) is 0 Å². The molecule has 17 heavy (non-hydrogen) atoms. The lowest BCUT2D eigenvalue weighted by Crippen LogP contribution is -2.35. The van der Waals surface area contributed by atoms with E-state index < -0.39 is 12.6 Å². The minimum Gasteiger partial charge on any atom is -0.380 e. The van der Waals surface area contributed by atoms with Crippen molar-refractivity contribution in [3.05, 3.63) is 0 Å². The van der Waals surface area contributed by atoms with E-state index in [1.54, 1.807) is 0 Å². The van der Waals surface area contributed by atoms with Crippen LogP contribution in [-0.2, 0) is 4.74 Å². The summed E-state index contributed by atoms with van der Waals surface area (Å²) in [5.41, 5.74) is 0. The Morgan fingerprint density at radius 1 is 1.06 bits per heavy atom. The SMILES string of the molecule is FC(F)(F)CCOCCNC(C1CC1)C1CC1. The first-order valence-corrected chi connectivity index (χ1v) is 6.44. The van der Waals surface area contributed by atoms with Crippen LogP contribution < -0.4 is 5.32 Å². The van der Waals surface area contributed by atoms with Gasteiger partial charge in [0.15, 0.2) is 0 Å². The minimum atomic E-state index is -4.10. The molecule has 5 heteroatoms. The quantitative estimate of drug-likeness (QED) is 0.670. The third kappa shape index (κ3) is 5.25. The summed E-state index contributed by atoms with van der Waals surface area (Å²) in [7, 11) is 0. The molecule has 2 aliphatic rings. The highest BCUT2D eigenvalue weighted by Gasteiger charge is 2.40. The molecule has 0 heterocycles. The molecule has 2 aliphatic carbocycles. The van der Waals surface area contributed by atoms with Crippen LogP contribution in [0.2, 0.25) is 0 Å². The zero-order valence-electron chi connectivity index (χ0n) is 9.93. The van der Waals surface area contributed by atoms with Gasteiger partial charge >= 0.3 is 6.18 Å². The lowest BCUT2D eigenvalue weighted by atomic mass is 10.1. The maximum Gasteiger partial charge on any atom is 0.391 e. The molecule has 0 aliphatic heterocycles. The van der Waals surface area contributed by atoms with Crippen molar-refractivity contribution >= 4 is 0 Å². The van der Waals surface area contributed by atoms with Crippen LogP contribution in [-0.4, -0.2) is 32.0 Å². The van der Waals surface area contributed by atoms with Crippen LogP contribution in [0.3, 0.4) is 0 Å². The predicted molar refractivity (Wildman–Crippen MR) is 58.7 cm³/mol. The molecule has 0 atom stereocenters. The van der Waals surface area contributed by atoms with Gasteiger partial charge in [0.05, 0.1) is 19.6 Å². The second-order valence-corrected chi connectivity index (χ2v) is 5.13. The fourth-order valence-corrected chi connectivity index (χ4v) is 2.22. The number of ether oxygens (including phenoxy) is 1. The third-order valence-corrected chi connectivity index (χ3v) is 3.42. The van der Waals surface area contributed by atoms with Gasteiger partial charge in [0, 0.05) is 12.6 Å². The van der Waals surface area contributed by atoms with Crippen molar-refractivity contribution < 1.29 is 17.9 Å². The van der Waals surface area contributed by atoms with Gasteiger partial charge in [0.2, 0.25) is 0 Å². The molecule has 0 bridgehead atoms. The maximum absolute atomic E-state index is 11.8. The van der Waals surface area contributed by atoms with Crippen LogP contribution in [0, 0.1) is 11.8 Å². The van der Waals surface area contributed by atoms with Gasteiger partial charge in [-0.25, -0.2) is 0 Å². The molecular formula is C12H20F3NO. The fourth-order valence-electron chi connectivity index (χ4n) is 2.22. The zero-order valence-corrected chi connectivity index (χ0v) is 9.93. The number of hydrogen-bond donors (Lipinski definition) is 1. The first kappa shape index (κ1) is 13.1. The lowest BCUT2D eigenvalue weighted by Gasteiger charge is -2.17. The third-order valence-electron chi connectivity index (χ3n) is 3.42. The van der Waals surface area contributed by atoms with Crippen molar-refractivity contribution in [1.29, 1.82) is 0 Å². The van der Waals surface area contributed by atoms with Crippen LogP contribution in [0.4, 0.5) is 13.2 Å². The summed E-state index contributed by atoms with van der Waals surface area (Å²) in [6.07, 6.45) is 0.290. The van der Waals surface area contributed by atoms with E-state index in [-0.39, 0.29) is 6.61 Å². The van der Waals surface area contributed by atoms with Crippen molar-refractivity contribution in [3.63, 3.8) is 0 Å². The molecule has 1 N–H and O–H groups in total. The van der Waals surface area contributed by atoms with E-state index in [4.69, 9.17) is 4.74 Å². The summed E-state index contributed by atoms with van der Waals surface area (Å²) in [5, 5.41) is 3.44. The van der Waals surface area contributed by atoms with E-state index in [9.17, 15) is 13.2 Å². The molecule has 0 radical (unpaired) electrons. The second-order valence-electron chi connectivity index (χ2n) is 5.13. The summed E-state index contributed by atoms with van der Waals surface area (Å²) < 4.78 is 40.5. The molecule has 2 fully saturated rings. The summed E-state index contributed by atoms with van der Waals surface area (Å²) >= 11 is 0. The van der Waals surface area contributed by atoms with E-state index in [1.807, 2.05) is 0 Å². The number of halogens is 3. The van der Waals surface area contributed by atoms with Crippen LogP contribution in [0.15, 0.2) is 0 Å². The van der Waals surface area contributed by atoms with Crippen LogP contribution in [0.1, 0.15) is 32.1 Å². The van der Waals surface area contributed by atoms with Gasteiger partial charge in [0.25, 0.3) is 0 Å². The Labute approximate surface area is 99.9 Å². The van der Waals surface area contributed by atoms with E-state index in [1.165, 1.54) is 25.7 Å². The smallest absolute Gasteiger partial charge is 0.380 e. The van der Waals surface area contributed by atoms with Crippen molar-refractivity contribution in [3.8, 4) is 0 Å². The molecule has 2 saturated carbocycles. The van der Waals surface area contributed by atoms with E-state index in [0.29, 0.717) is 19.2 Å². The van der Waals surface area contributed by atoms with Crippen LogP contribution >= 0.6 is 0 Å². The molecule has 0 amide bonds. The van der Waals surface area contributed by atoms with Crippen LogP contribution in [0.5, 0.6) is 0 Å². The maximum atomic E-state index is 11.8. The molecule has 0 spiro atoms. The minimum absolute atomic E-state index is 0.220. The van der Waals surface area contributed by atoms with Gasteiger partial charge in [-0.2, -0.15) is 13.2 Å². The van der Waals surface area contributed by atoms with Crippen molar-refractivity contribution in [2.75, 3.05) is 19.8 Å². The Morgan fingerprint density at radius 2 is 1.65 bits per heavy atom. The average Bonchev–Trinajstić information content (AvgIpc) is 3.09.